The monoisotopic (exact) mass is 346 g/mol. The van der Waals surface area contributed by atoms with E-state index in [1.54, 1.807) is 12.1 Å². The fourth-order valence-electron chi connectivity index (χ4n) is 2.20. The molecule has 0 atom stereocenters. The molecular formula is C18H22N2O3S. The zero-order valence-corrected chi connectivity index (χ0v) is 15.1. The van der Waals surface area contributed by atoms with Crippen molar-refractivity contribution >= 4 is 21.6 Å². The molecule has 0 radical (unpaired) electrons. The summed E-state index contributed by atoms with van der Waals surface area (Å²) in [6, 6.07) is 11.4. The fraction of sp³-hybridized carbons (Fsp3) is 0.278. The Morgan fingerprint density at radius 1 is 1.00 bits per heavy atom. The Balaban J connectivity index is 2.24. The van der Waals surface area contributed by atoms with Crippen LogP contribution in [-0.4, -0.2) is 20.4 Å². The number of anilines is 1. The number of amides is 1. The molecule has 0 spiro atoms. The van der Waals surface area contributed by atoms with E-state index in [0.29, 0.717) is 11.3 Å². The van der Waals surface area contributed by atoms with Gasteiger partial charge in [0.25, 0.3) is 15.9 Å². The number of carbonyl (C=O) groups is 1. The van der Waals surface area contributed by atoms with E-state index in [2.05, 4.69) is 10.0 Å². The molecule has 0 aliphatic heterocycles. The van der Waals surface area contributed by atoms with Gasteiger partial charge in [0.2, 0.25) is 0 Å². The molecule has 0 fully saturated rings. The third-order valence-electron chi connectivity index (χ3n) is 3.70. The third kappa shape index (κ3) is 4.14. The average Bonchev–Trinajstić information content (AvgIpc) is 2.51. The third-order valence-corrected chi connectivity index (χ3v) is 5.08. The molecule has 2 N–H and O–H groups in total. The van der Waals surface area contributed by atoms with E-state index >= 15 is 0 Å². The molecule has 0 aliphatic rings. The smallest absolute Gasteiger partial charge is 0.261 e. The summed E-state index contributed by atoms with van der Waals surface area (Å²) in [6.07, 6.45) is 0. The first-order chi connectivity index (χ1) is 11.2. The van der Waals surface area contributed by atoms with Gasteiger partial charge in [-0.3, -0.25) is 9.52 Å². The summed E-state index contributed by atoms with van der Waals surface area (Å²) in [5.74, 6) is -0.226. The summed E-state index contributed by atoms with van der Waals surface area (Å²) in [4.78, 5) is 12.0. The zero-order valence-electron chi connectivity index (χ0n) is 14.3. The molecule has 0 unspecified atom stereocenters. The molecule has 5 nitrogen and oxygen atoms in total. The zero-order chi connectivity index (χ0) is 17.9. The van der Waals surface area contributed by atoms with Crippen LogP contribution >= 0.6 is 0 Å². The number of hydrogen-bond donors (Lipinski definition) is 2. The van der Waals surface area contributed by atoms with Crippen molar-refractivity contribution in [3.8, 4) is 0 Å². The molecule has 128 valence electrons. The summed E-state index contributed by atoms with van der Waals surface area (Å²) in [6.45, 7) is 7.53. The topological polar surface area (TPSA) is 75.3 Å². The second-order valence-corrected chi connectivity index (χ2v) is 7.69. The highest BCUT2D eigenvalue weighted by molar-refractivity contribution is 7.92. The van der Waals surface area contributed by atoms with Gasteiger partial charge in [0.1, 0.15) is 0 Å². The Hall–Kier alpha value is -2.34. The Kier molecular flexibility index (Phi) is 5.29. The average molecular weight is 346 g/mol. The molecule has 0 aromatic heterocycles. The second-order valence-electron chi connectivity index (χ2n) is 6.01. The van der Waals surface area contributed by atoms with Crippen LogP contribution in [0.3, 0.4) is 0 Å². The van der Waals surface area contributed by atoms with Crippen LogP contribution in [0.25, 0.3) is 0 Å². The van der Waals surface area contributed by atoms with E-state index in [0.717, 1.165) is 11.1 Å². The van der Waals surface area contributed by atoms with Crippen LogP contribution in [0, 0.1) is 13.8 Å². The van der Waals surface area contributed by atoms with E-state index in [4.69, 9.17) is 0 Å². The molecule has 0 saturated heterocycles. The highest BCUT2D eigenvalue weighted by Crippen LogP contribution is 2.22. The van der Waals surface area contributed by atoms with E-state index in [1.807, 2.05) is 33.8 Å². The quantitative estimate of drug-likeness (QED) is 0.873. The summed E-state index contributed by atoms with van der Waals surface area (Å²) in [7, 11) is -3.70. The number of rotatable bonds is 5. The lowest BCUT2D eigenvalue weighted by Gasteiger charge is -2.13. The maximum absolute atomic E-state index is 12.5. The number of aryl methyl sites for hydroxylation is 1. The van der Waals surface area contributed by atoms with Gasteiger partial charge in [0.15, 0.2) is 0 Å². The Bertz CT molecular complexity index is 841. The van der Waals surface area contributed by atoms with Crippen molar-refractivity contribution in [1.82, 2.24) is 5.32 Å². The van der Waals surface area contributed by atoms with Gasteiger partial charge in [-0.1, -0.05) is 12.1 Å². The van der Waals surface area contributed by atoms with E-state index < -0.39 is 10.0 Å². The van der Waals surface area contributed by atoms with Crippen LogP contribution in [0.1, 0.15) is 35.3 Å². The van der Waals surface area contributed by atoms with Crippen LogP contribution in [0.4, 0.5) is 5.69 Å². The first-order valence-electron chi connectivity index (χ1n) is 7.70. The largest absolute Gasteiger partial charge is 0.350 e. The standard InChI is InChI=1S/C18H22N2O3S/c1-12(2)19-18(21)15-8-10-16(11-9-15)24(22,23)20-17-7-5-6-13(3)14(17)4/h5-12,20H,1-4H3,(H,19,21). The SMILES string of the molecule is Cc1cccc(NS(=O)(=O)c2ccc(C(=O)NC(C)C)cc2)c1C. The molecule has 1 amide bonds. The van der Waals surface area contributed by atoms with Crippen LogP contribution in [0.15, 0.2) is 47.4 Å². The Morgan fingerprint density at radius 3 is 2.21 bits per heavy atom. The summed E-state index contributed by atoms with van der Waals surface area (Å²) in [5.41, 5.74) is 2.87. The van der Waals surface area contributed by atoms with Crippen LogP contribution in [0.5, 0.6) is 0 Å². The van der Waals surface area contributed by atoms with E-state index in [9.17, 15) is 13.2 Å². The van der Waals surface area contributed by atoms with Crippen LogP contribution in [-0.2, 0) is 10.0 Å². The van der Waals surface area contributed by atoms with Gasteiger partial charge >= 0.3 is 0 Å². The highest BCUT2D eigenvalue weighted by atomic mass is 32.2. The predicted molar refractivity (Wildman–Crippen MR) is 95.8 cm³/mol. The predicted octanol–water partition coefficient (Wildman–Crippen LogP) is 3.24. The fourth-order valence-corrected chi connectivity index (χ4v) is 3.32. The molecule has 0 aliphatic carbocycles. The minimum absolute atomic E-state index is 0.0203. The number of nitrogens with one attached hydrogen (secondary N) is 2. The van der Waals surface area contributed by atoms with Gasteiger partial charge in [-0.05, 0) is 69.2 Å². The number of carbonyl (C=O) groups excluding carboxylic acids is 1. The minimum atomic E-state index is -3.70. The second kappa shape index (κ2) is 7.05. The lowest BCUT2D eigenvalue weighted by molar-refractivity contribution is 0.0943. The van der Waals surface area contributed by atoms with Crippen molar-refractivity contribution in [1.29, 1.82) is 0 Å². The normalized spacial score (nSPS) is 11.4. The van der Waals surface area contributed by atoms with Crippen molar-refractivity contribution in [2.45, 2.75) is 38.6 Å². The maximum atomic E-state index is 12.5. The first-order valence-corrected chi connectivity index (χ1v) is 9.19. The molecule has 24 heavy (non-hydrogen) atoms. The number of hydrogen-bond acceptors (Lipinski definition) is 3. The summed E-state index contributed by atoms with van der Waals surface area (Å²) < 4.78 is 27.6. The first kappa shape index (κ1) is 18.0. The van der Waals surface area contributed by atoms with Crippen molar-refractivity contribution in [3.63, 3.8) is 0 Å². The lowest BCUT2D eigenvalue weighted by Crippen LogP contribution is -2.30. The Labute approximate surface area is 143 Å². The maximum Gasteiger partial charge on any atom is 0.261 e. The summed E-state index contributed by atoms with van der Waals surface area (Å²) in [5, 5.41) is 2.77. The minimum Gasteiger partial charge on any atom is -0.350 e. The van der Waals surface area contributed by atoms with Crippen molar-refractivity contribution in [2.24, 2.45) is 0 Å². The van der Waals surface area contributed by atoms with E-state index in [-0.39, 0.29) is 16.8 Å². The van der Waals surface area contributed by atoms with Gasteiger partial charge in [-0.15, -0.1) is 0 Å². The molecular weight excluding hydrogens is 324 g/mol. The van der Waals surface area contributed by atoms with Gasteiger partial charge in [0.05, 0.1) is 10.6 Å². The molecule has 2 aromatic carbocycles. The molecule has 2 rings (SSSR count). The van der Waals surface area contributed by atoms with Gasteiger partial charge in [0, 0.05) is 11.6 Å². The van der Waals surface area contributed by atoms with Crippen molar-refractivity contribution < 1.29 is 13.2 Å². The molecule has 6 heteroatoms. The van der Waals surface area contributed by atoms with Crippen molar-refractivity contribution in [2.75, 3.05) is 4.72 Å². The van der Waals surface area contributed by atoms with Crippen molar-refractivity contribution in [3.05, 3.63) is 59.2 Å². The molecule has 2 aromatic rings. The highest BCUT2D eigenvalue weighted by Gasteiger charge is 2.16. The van der Waals surface area contributed by atoms with Crippen LogP contribution in [0.2, 0.25) is 0 Å². The van der Waals surface area contributed by atoms with Gasteiger partial charge in [-0.25, -0.2) is 8.42 Å². The lowest BCUT2D eigenvalue weighted by atomic mass is 10.1. The summed E-state index contributed by atoms with van der Waals surface area (Å²) >= 11 is 0. The Morgan fingerprint density at radius 2 is 1.62 bits per heavy atom. The van der Waals surface area contributed by atoms with E-state index in [1.165, 1.54) is 24.3 Å². The van der Waals surface area contributed by atoms with Crippen LogP contribution < -0.4 is 10.0 Å². The van der Waals surface area contributed by atoms with Gasteiger partial charge in [-0.2, -0.15) is 0 Å². The number of sulfonamides is 1. The van der Waals surface area contributed by atoms with Gasteiger partial charge < -0.3 is 5.32 Å². The number of benzene rings is 2. The molecule has 0 heterocycles. The molecule has 0 bridgehead atoms. The molecule has 0 saturated carbocycles.